The van der Waals surface area contributed by atoms with E-state index < -0.39 is 6.10 Å². The van der Waals surface area contributed by atoms with Crippen molar-refractivity contribution in [1.82, 2.24) is 15.2 Å². The van der Waals surface area contributed by atoms with Gasteiger partial charge in [-0.3, -0.25) is 14.4 Å². The average molecular weight is 418 g/mol. The Bertz CT molecular complexity index is 807. The number of hydrogen-bond donors (Lipinski definition) is 2. The number of nitrogens with zero attached hydrogens (tertiary/aromatic N) is 2. The number of allylic oxidation sites excluding steroid dienone is 2. The first-order valence-electron chi connectivity index (χ1n) is 9.57. The summed E-state index contributed by atoms with van der Waals surface area (Å²) in [7, 11) is 0. The number of Topliss-reactive ketones (excluding diaryl/α,β-unsaturated/α-hetero) is 1. The van der Waals surface area contributed by atoms with Crippen molar-refractivity contribution in [1.29, 1.82) is 0 Å². The predicted molar refractivity (Wildman–Crippen MR) is 113 cm³/mol. The fraction of sp³-hybridized carbons (Fsp3) is 0.429. The molecule has 0 aromatic carbocycles. The van der Waals surface area contributed by atoms with Gasteiger partial charge in [-0.15, -0.1) is 11.3 Å². The molecule has 156 valence electrons. The van der Waals surface area contributed by atoms with Crippen molar-refractivity contribution in [3.63, 3.8) is 0 Å². The smallest absolute Gasteiger partial charge is 0.273 e. The van der Waals surface area contributed by atoms with Gasteiger partial charge in [-0.1, -0.05) is 30.4 Å². The lowest BCUT2D eigenvalue weighted by Gasteiger charge is -2.12. The number of aromatic nitrogens is 1. The summed E-state index contributed by atoms with van der Waals surface area (Å²) in [6.45, 7) is 7.04. The molecule has 0 bridgehead atoms. The number of thiazole rings is 1. The van der Waals surface area contributed by atoms with E-state index in [4.69, 9.17) is 0 Å². The maximum atomic E-state index is 12.3. The van der Waals surface area contributed by atoms with Crippen LogP contribution in [0.4, 0.5) is 0 Å². The maximum absolute atomic E-state index is 12.3. The standard InChI is InChI=1S/C21H27N3O4S/c1-3-19(27)22-8-6-7-15(2)11-16(25)12-17(26)13-20-23-18(14-29-20)21(28)24-9-4-5-10-24/h3,6-7,11,14,16,25H,1,4-5,8-10,12-13H2,2H3,(H,22,27)/b7-6+,15-11+. The van der Waals surface area contributed by atoms with Crippen LogP contribution in [0.1, 0.15) is 41.7 Å². The molecule has 0 radical (unpaired) electrons. The molecule has 8 heteroatoms. The molecule has 2 heterocycles. The lowest BCUT2D eigenvalue weighted by molar-refractivity contribution is -0.119. The van der Waals surface area contributed by atoms with Crippen LogP contribution in [-0.2, 0) is 16.0 Å². The number of aliphatic hydroxyl groups excluding tert-OH is 1. The summed E-state index contributed by atoms with van der Waals surface area (Å²) >= 11 is 1.29. The normalized spacial score (nSPS) is 15.5. The summed E-state index contributed by atoms with van der Waals surface area (Å²) in [6.07, 6.45) is 7.51. The van der Waals surface area contributed by atoms with Crippen LogP contribution in [0.5, 0.6) is 0 Å². The van der Waals surface area contributed by atoms with E-state index in [0.717, 1.165) is 31.5 Å². The second kappa shape index (κ2) is 11.4. The van der Waals surface area contributed by atoms with Gasteiger partial charge >= 0.3 is 0 Å². The zero-order chi connectivity index (χ0) is 21.2. The third-order valence-electron chi connectivity index (χ3n) is 4.36. The molecule has 29 heavy (non-hydrogen) atoms. The Morgan fingerprint density at radius 3 is 2.79 bits per heavy atom. The molecule has 1 aromatic heterocycles. The third kappa shape index (κ3) is 7.75. The molecule has 1 fully saturated rings. The number of amides is 2. The third-order valence-corrected chi connectivity index (χ3v) is 5.21. The van der Waals surface area contributed by atoms with Crippen LogP contribution in [-0.4, -0.2) is 58.3 Å². The molecule has 2 rings (SSSR count). The molecule has 2 amide bonds. The van der Waals surface area contributed by atoms with Gasteiger partial charge in [0.2, 0.25) is 5.91 Å². The Morgan fingerprint density at radius 2 is 2.10 bits per heavy atom. The highest BCUT2D eigenvalue weighted by atomic mass is 32.1. The number of ketones is 1. The molecular formula is C21H27N3O4S. The van der Waals surface area contributed by atoms with Crippen molar-refractivity contribution >= 4 is 28.9 Å². The van der Waals surface area contributed by atoms with Gasteiger partial charge in [-0.25, -0.2) is 4.98 Å². The minimum absolute atomic E-state index is 0.0205. The molecule has 0 aliphatic carbocycles. The molecule has 1 atom stereocenters. The fourth-order valence-corrected chi connectivity index (χ4v) is 3.74. The van der Waals surface area contributed by atoms with Gasteiger partial charge < -0.3 is 15.3 Å². The summed E-state index contributed by atoms with van der Waals surface area (Å²) in [5.74, 6) is -0.472. The molecule has 2 N–H and O–H groups in total. The summed E-state index contributed by atoms with van der Waals surface area (Å²) in [6, 6.07) is 0. The van der Waals surface area contributed by atoms with Crippen molar-refractivity contribution in [3.05, 3.63) is 52.5 Å². The largest absolute Gasteiger partial charge is 0.389 e. The van der Waals surface area contributed by atoms with Gasteiger partial charge in [0.1, 0.15) is 16.5 Å². The van der Waals surface area contributed by atoms with Gasteiger partial charge in [-0.05, 0) is 25.8 Å². The van der Waals surface area contributed by atoms with Crippen LogP contribution in [0.3, 0.4) is 0 Å². The first-order chi connectivity index (χ1) is 13.9. The lowest BCUT2D eigenvalue weighted by Crippen LogP contribution is -2.27. The molecule has 1 aliphatic rings. The van der Waals surface area contributed by atoms with E-state index in [0.29, 0.717) is 17.2 Å². The summed E-state index contributed by atoms with van der Waals surface area (Å²) in [5, 5.41) is 15.0. The molecule has 0 saturated carbocycles. The lowest BCUT2D eigenvalue weighted by atomic mass is 10.1. The maximum Gasteiger partial charge on any atom is 0.273 e. The van der Waals surface area contributed by atoms with Crippen molar-refractivity contribution in [3.8, 4) is 0 Å². The van der Waals surface area contributed by atoms with E-state index in [1.807, 2.05) is 0 Å². The summed E-state index contributed by atoms with van der Waals surface area (Å²) < 4.78 is 0. The minimum Gasteiger partial charge on any atom is -0.389 e. The van der Waals surface area contributed by atoms with E-state index in [-0.39, 0.29) is 30.4 Å². The number of carbonyl (C=O) groups excluding carboxylic acids is 3. The van der Waals surface area contributed by atoms with Crippen molar-refractivity contribution in [2.24, 2.45) is 0 Å². The quantitative estimate of drug-likeness (QED) is 0.448. The Morgan fingerprint density at radius 1 is 1.38 bits per heavy atom. The number of aliphatic hydroxyl groups is 1. The Hall–Kier alpha value is -2.58. The number of carbonyl (C=O) groups is 3. The Labute approximate surface area is 174 Å². The molecule has 7 nitrogen and oxygen atoms in total. The van der Waals surface area contributed by atoms with Crippen molar-refractivity contribution in [2.75, 3.05) is 19.6 Å². The predicted octanol–water partition coefficient (Wildman–Crippen LogP) is 2.05. The zero-order valence-electron chi connectivity index (χ0n) is 16.6. The van der Waals surface area contributed by atoms with E-state index in [2.05, 4.69) is 16.9 Å². The first kappa shape index (κ1) is 22.7. The second-order valence-electron chi connectivity index (χ2n) is 6.88. The van der Waals surface area contributed by atoms with Gasteiger partial charge in [0.15, 0.2) is 0 Å². The number of rotatable bonds is 10. The summed E-state index contributed by atoms with van der Waals surface area (Å²) in [5.41, 5.74) is 1.18. The van der Waals surface area contributed by atoms with Crippen LogP contribution in [0, 0.1) is 0 Å². The topological polar surface area (TPSA) is 99.6 Å². The van der Waals surface area contributed by atoms with Gasteiger partial charge in [0, 0.05) is 31.4 Å². The fourth-order valence-electron chi connectivity index (χ4n) is 2.94. The Balaban J connectivity index is 1.79. The molecular weight excluding hydrogens is 390 g/mol. The van der Waals surface area contributed by atoms with Crippen LogP contribution in [0.2, 0.25) is 0 Å². The first-order valence-corrected chi connectivity index (χ1v) is 10.5. The van der Waals surface area contributed by atoms with Gasteiger partial charge in [0.25, 0.3) is 5.91 Å². The number of nitrogens with one attached hydrogen (secondary N) is 1. The second-order valence-corrected chi connectivity index (χ2v) is 7.82. The van der Waals surface area contributed by atoms with Crippen LogP contribution in [0.15, 0.2) is 41.8 Å². The van der Waals surface area contributed by atoms with E-state index >= 15 is 0 Å². The molecule has 0 spiro atoms. The molecule has 1 saturated heterocycles. The highest BCUT2D eigenvalue weighted by Gasteiger charge is 2.22. The molecule has 1 unspecified atom stereocenters. The molecule has 1 aliphatic heterocycles. The van der Waals surface area contributed by atoms with Crippen LogP contribution in [0.25, 0.3) is 0 Å². The van der Waals surface area contributed by atoms with E-state index in [1.165, 1.54) is 17.4 Å². The zero-order valence-corrected chi connectivity index (χ0v) is 17.4. The van der Waals surface area contributed by atoms with Gasteiger partial charge in [-0.2, -0.15) is 0 Å². The SMILES string of the molecule is C=CC(=O)NC/C=C/C(C)=C/C(O)CC(=O)Cc1nc(C(=O)N2CCCC2)cs1. The monoisotopic (exact) mass is 417 g/mol. The number of likely N-dealkylation sites (tertiary alicyclic amines) is 1. The van der Waals surface area contributed by atoms with Crippen molar-refractivity contribution in [2.45, 2.75) is 38.7 Å². The average Bonchev–Trinajstić information content (AvgIpc) is 3.36. The Kier molecular flexibility index (Phi) is 8.95. The minimum atomic E-state index is -0.902. The highest BCUT2D eigenvalue weighted by Crippen LogP contribution is 2.17. The molecule has 1 aromatic rings. The summed E-state index contributed by atoms with van der Waals surface area (Å²) in [4.78, 5) is 41.6. The van der Waals surface area contributed by atoms with Crippen LogP contribution < -0.4 is 5.32 Å². The highest BCUT2D eigenvalue weighted by molar-refractivity contribution is 7.09. The van der Waals surface area contributed by atoms with Crippen molar-refractivity contribution < 1.29 is 19.5 Å². The number of hydrogen-bond acceptors (Lipinski definition) is 6. The van der Waals surface area contributed by atoms with Crippen LogP contribution >= 0.6 is 11.3 Å². The van der Waals surface area contributed by atoms with E-state index in [9.17, 15) is 19.5 Å². The van der Waals surface area contributed by atoms with E-state index in [1.54, 1.807) is 35.4 Å². The van der Waals surface area contributed by atoms with Gasteiger partial charge in [0.05, 0.1) is 12.5 Å².